The van der Waals surface area contributed by atoms with Crippen molar-refractivity contribution in [2.45, 2.75) is 27.2 Å². The third-order valence-electron chi connectivity index (χ3n) is 3.34. The second kappa shape index (κ2) is 7.22. The van der Waals surface area contributed by atoms with Crippen molar-refractivity contribution >= 4 is 28.1 Å². The van der Waals surface area contributed by atoms with Gasteiger partial charge in [-0.15, -0.1) is 11.3 Å². The normalized spacial score (nSPS) is 11.5. The van der Waals surface area contributed by atoms with E-state index < -0.39 is 5.97 Å². The molecule has 0 spiro atoms. The number of aliphatic imine (C=N–C) groups is 1. The molecule has 2 rings (SSSR count). The highest BCUT2D eigenvalue weighted by Crippen LogP contribution is 2.39. The van der Waals surface area contributed by atoms with Crippen LogP contribution in [-0.4, -0.2) is 23.5 Å². The Kier molecular flexibility index (Phi) is 5.33. The van der Waals surface area contributed by atoms with Crippen molar-refractivity contribution in [1.29, 1.82) is 0 Å². The molecule has 2 aromatic rings. The molecule has 0 unspecified atom stereocenters. The molecule has 0 aliphatic carbocycles. The highest BCUT2D eigenvalue weighted by molar-refractivity contribution is 7.20. The molecule has 1 aromatic heterocycles. The number of hydrogen-bond acceptors (Lipinski definition) is 3. The van der Waals surface area contributed by atoms with E-state index in [0.29, 0.717) is 17.1 Å². The average Bonchev–Trinajstić information content (AvgIpc) is 2.84. The maximum atomic E-state index is 11.6. The zero-order chi connectivity index (χ0) is 16.1. The standard InChI is InChI=1S/C17H20N2O2S/c1-4-13(18-5-2)19-16-14(17(20)21)11(3)15(22-16)12-9-7-6-8-10-12/h6-10H,4-5H2,1-3H3,(H,18,19)(H,20,21). The maximum absolute atomic E-state index is 11.6. The van der Waals surface area contributed by atoms with Crippen LogP contribution in [-0.2, 0) is 0 Å². The first-order valence-corrected chi connectivity index (χ1v) is 8.12. The molecule has 0 bridgehead atoms. The predicted octanol–water partition coefficient (Wildman–Crippen LogP) is 4.66. The fraction of sp³-hybridized carbons (Fsp3) is 0.294. The minimum Gasteiger partial charge on any atom is -0.478 e. The number of amidine groups is 1. The first kappa shape index (κ1) is 16.2. The Bertz CT molecular complexity index is 690. The molecule has 5 heteroatoms. The summed E-state index contributed by atoms with van der Waals surface area (Å²) in [6.45, 7) is 6.50. The minimum absolute atomic E-state index is 0.334. The zero-order valence-electron chi connectivity index (χ0n) is 13.0. The lowest BCUT2D eigenvalue weighted by Gasteiger charge is -2.07. The Morgan fingerprint density at radius 1 is 1.27 bits per heavy atom. The molecule has 2 N–H and O–H groups in total. The third-order valence-corrected chi connectivity index (χ3v) is 4.59. The number of carboxylic acid groups (broad SMARTS) is 1. The highest BCUT2D eigenvalue weighted by Gasteiger charge is 2.22. The number of anilines is 1. The van der Waals surface area contributed by atoms with Crippen LogP contribution in [0.25, 0.3) is 10.4 Å². The summed E-state index contributed by atoms with van der Waals surface area (Å²) in [7, 11) is 0. The van der Waals surface area contributed by atoms with Crippen LogP contribution in [0, 0.1) is 6.92 Å². The van der Waals surface area contributed by atoms with Crippen LogP contribution in [0.15, 0.2) is 35.3 Å². The van der Waals surface area contributed by atoms with Crippen molar-refractivity contribution < 1.29 is 9.90 Å². The van der Waals surface area contributed by atoms with E-state index in [4.69, 9.17) is 0 Å². The van der Waals surface area contributed by atoms with E-state index in [0.717, 1.165) is 28.3 Å². The van der Waals surface area contributed by atoms with E-state index in [-0.39, 0.29) is 0 Å². The van der Waals surface area contributed by atoms with Gasteiger partial charge in [-0.05, 0) is 25.0 Å². The van der Waals surface area contributed by atoms with Gasteiger partial charge < -0.3 is 10.4 Å². The summed E-state index contributed by atoms with van der Waals surface area (Å²) in [5.41, 5.74) is 2.16. The van der Waals surface area contributed by atoms with Crippen LogP contribution >= 0.6 is 11.3 Å². The molecule has 0 fully saturated rings. The van der Waals surface area contributed by atoms with E-state index in [2.05, 4.69) is 10.3 Å². The van der Waals surface area contributed by atoms with Crippen molar-refractivity contribution in [2.24, 2.45) is 4.99 Å². The summed E-state index contributed by atoms with van der Waals surface area (Å²) in [5, 5.41) is 13.4. The van der Waals surface area contributed by atoms with Gasteiger partial charge in [0.05, 0.1) is 5.56 Å². The van der Waals surface area contributed by atoms with Crippen molar-refractivity contribution in [3.05, 3.63) is 41.5 Å². The number of carbonyl (C=O) groups is 1. The molecule has 4 nitrogen and oxygen atoms in total. The van der Waals surface area contributed by atoms with Gasteiger partial charge in [-0.2, -0.15) is 0 Å². The van der Waals surface area contributed by atoms with Gasteiger partial charge in [-0.1, -0.05) is 37.3 Å². The molecule has 0 saturated carbocycles. The lowest BCUT2D eigenvalue weighted by Crippen LogP contribution is -2.13. The predicted molar refractivity (Wildman–Crippen MR) is 93.3 cm³/mol. The Morgan fingerprint density at radius 2 is 1.95 bits per heavy atom. The summed E-state index contributed by atoms with van der Waals surface area (Å²) in [5.74, 6) is -0.101. The van der Waals surface area contributed by atoms with Gasteiger partial charge in [-0.3, -0.25) is 4.99 Å². The van der Waals surface area contributed by atoms with Gasteiger partial charge in [0, 0.05) is 17.8 Å². The topological polar surface area (TPSA) is 61.7 Å². The van der Waals surface area contributed by atoms with Gasteiger partial charge >= 0.3 is 5.97 Å². The number of rotatable bonds is 5. The summed E-state index contributed by atoms with van der Waals surface area (Å²) in [6.07, 6.45) is 0.741. The van der Waals surface area contributed by atoms with Crippen LogP contribution in [0.4, 0.5) is 5.00 Å². The number of carboxylic acids is 1. The van der Waals surface area contributed by atoms with Gasteiger partial charge in [0.25, 0.3) is 0 Å². The molecule has 0 saturated heterocycles. The maximum Gasteiger partial charge on any atom is 0.339 e. The summed E-state index contributed by atoms with van der Waals surface area (Å²) in [6, 6.07) is 9.85. The van der Waals surface area contributed by atoms with E-state index >= 15 is 0 Å². The Labute approximate surface area is 134 Å². The molecular formula is C17H20N2O2S. The van der Waals surface area contributed by atoms with E-state index in [9.17, 15) is 9.90 Å². The number of thiophene rings is 1. The fourth-order valence-electron chi connectivity index (χ4n) is 2.29. The third kappa shape index (κ3) is 3.36. The van der Waals surface area contributed by atoms with E-state index in [1.54, 1.807) is 0 Å². The quantitative estimate of drug-likeness (QED) is 0.623. The Morgan fingerprint density at radius 3 is 2.50 bits per heavy atom. The smallest absolute Gasteiger partial charge is 0.339 e. The van der Waals surface area contributed by atoms with E-state index in [1.807, 2.05) is 51.1 Å². The summed E-state index contributed by atoms with van der Waals surface area (Å²) < 4.78 is 0. The molecule has 116 valence electrons. The van der Waals surface area contributed by atoms with Crippen molar-refractivity contribution in [3.8, 4) is 10.4 Å². The lowest BCUT2D eigenvalue weighted by molar-refractivity contribution is 0.0698. The second-order valence-electron chi connectivity index (χ2n) is 4.83. The summed E-state index contributed by atoms with van der Waals surface area (Å²) in [4.78, 5) is 17.0. The molecule has 1 aromatic carbocycles. The van der Waals surface area contributed by atoms with Gasteiger partial charge in [0.15, 0.2) is 0 Å². The minimum atomic E-state index is -0.912. The Balaban J connectivity index is 2.50. The largest absolute Gasteiger partial charge is 0.478 e. The van der Waals surface area contributed by atoms with Crippen LogP contribution < -0.4 is 5.32 Å². The Hall–Kier alpha value is -2.14. The fourth-order valence-corrected chi connectivity index (χ4v) is 3.51. The van der Waals surface area contributed by atoms with Crippen LogP contribution in [0.1, 0.15) is 36.2 Å². The number of nitrogens with one attached hydrogen (secondary N) is 1. The number of benzene rings is 1. The monoisotopic (exact) mass is 316 g/mol. The highest BCUT2D eigenvalue weighted by atomic mass is 32.1. The average molecular weight is 316 g/mol. The van der Waals surface area contributed by atoms with Crippen molar-refractivity contribution in [3.63, 3.8) is 0 Å². The number of nitrogens with zero attached hydrogens (tertiary/aromatic N) is 1. The zero-order valence-corrected chi connectivity index (χ0v) is 13.8. The van der Waals surface area contributed by atoms with E-state index in [1.165, 1.54) is 11.3 Å². The van der Waals surface area contributed by atoms with Gasteiger partial charge in [-0.25, -0.2) is 4.79 Å². The molecule has 0 amide bonds. The first-order valence-electron chi connectivity index (χ1n) is 7.30. The molecule has 0 aliphatic rings. The molecular weight excluding hydrogens is 296 g/mol. The van der Waals surface area contributed by atoms with Crippen LogP contribution in [0.3, 0.4) is 0 Å². The summed E-state index contributed by atoms with van der Waals surface area (Å²) >= 11 is 1.46. The molecule has 1 heterocycles. The molecule has 0 aliphatic heterocycles. The lowest BCUT2D eigenvalue weighted by atomic mass is 10.1. The van der Waals surface area contributed by atoms with Crippen molar-refractivity contribution in [1.82, 2.24) is 0 Å². The van der Waals surface area contributed by atoms with Crippen LogP contribution in [0.2, 0.25) is 0 Å². The molecule has 22 heavy (non-hydrogen) atoms. The molecule has 0 radical (unpaired) electrons. The van der Waals surface area contributed by atoms with Gasteiger partial charge in [0.1, 0.15) is 10.8 Å². The SMILES string of the molecule is CCN=C(CC)Nc1sc(-c2ccccc2)c(C)c1C(=O)O. The second-order valence-corrected chi connectivity index (χ2v) is 5.85. The van der Waals surface area contributed by atoms with Crippen LogP contribution in [0.5, 0.6) is 0 Å². The number of aromatic carboxylic acids is 1. The molecule has 0 atom stereocenters. The van der Waals surface area contributed by atoms with Gasteiger partial charge in [0.2, 0.25) is 0 Å². The number of hydrogen-bond donors (Lipinski definition) is 2. The first-order chi connectivity index (χ1) is 10.6. The van der Waals surface area contributed by atoms with Crippen molar-refractivity contribution in [2.75, 3.05) is 11.9 Å².